The Labute approximate surface area is 86.3 Å². The van der Waals surface area contributed by atoms with Crippen molar-refractivity contribution in [1.82, 2.24) is 10.2 Å². The zero-order valence-electron chi connectivity index (χ0n) is 7.98. The monoisotopic (exact) mass is 204 g/mol. The molecule has 0 aliphatic carbocycles. The van der Waals surface area contributed by atoms with Crippen LogP contribution >= 0.6 is 0 Å². The van der Waals surface area contributed by atoms with E-state index in [0.29, 0.717) is 5.89 Å². The summed E-state index contributed by atoms with van der Waals surface area (Å²) in [7, 11) is 0. The van der Waals surface area contributed by atoms with Crippen LogP contribution in [-0.2, 0) is 6.42 Å². The van der Waals surface area contributed by atoms with E-state index in [1.54, 1.807) is 0 Å². The molecule has 1 aromatic carbocycles. The Morgan fingerprint density at radius 1 is 1.33 bits per heavy atom. The number of benzene rings is 1. The number of allylic oxidation sites excluding steroid dienone is 1. The molecule has 1 heterocycles. The third kappa shape index (κ3) is 2.28. The first-order valence-corrected chi connectivity index (χ1v) is 4.44. The van der Waals surface area contributed by atoms with E-state index in [2.05, 4.69) is 16.8 Å². The van der Waals surface area contributed by atoms with Crippen molar-refractivity contribution in [2.24, 2.45) is 0 Å². The van der Waals surface area contributed by atoms with E-state index in [0.717, 1.165) is 11.1 Å². The molecule has 2 rings (SSSR count). The molecule has 4 heteroatoms. The lowest BCUT2D eigenvalue weighted by Crippen LogP contribution is -1.85. The molecule has 0 atom stereocenters. The smallest absolute Gasteiger partial charge is 0.247 e. The Balaban J connectivity index is 2.21. The van der Waals surface area contributed by atoms with Crippen LogP contribution in [0.5, 0.6) is 0 Å². The topological polar surface area (TPSA) is 38.9 Å². The van der Waals surface area contributed by atoms with Crippen molar-refractivity contribution in [2.75, 3.05) is 0 Å². The summed E-state index contributed by atoms with van der Waals surface area (Å²) in [6.07, 6.45) is 1.51. The first kappa shape index (κ1) is 9.58. The molecule has 0 saturated carbocycles. The van der Waals surface area contributed by atoms with Crippen LogP contribution in [0, 0.1) is 0 Å². The number of hydrogen-bond acceptors (Lipinski definition) is 3. The summed E-state index contributed by atoms with van der Waals surface area (Å²) in [5, 5.41) is 7.35. The minimum atomic E-state index is -0.347. The summed E-state index contributed by atoms with van der Waals surface area (Å²) >= 11 is 0. The molecule has 1 aromatic heterocycles. The predicted octanol–water partition coefficient (Wildman–Crippen LogP) is 2.76. The van der Waals surface area contributed by atoms with Crippen molar-refractivity contribution in [1.29, 1.82) is 0 Å². The SMILES string of the molecule is C=C(F)Cc1ccc(-c2nnco2)cc1. The highest BCUT2D eigenvalue weighted by atomic mass is 19.1. The van der Waals surface area contributed by atoms with Gasteiger partial charge in [0, 0.05) is 12.0 Å². The van der Waals surface area contributed by atoms with Crippen molar-refractivity contribution in [3.8, 4) is 11.5 Å². The third-order valence-electron chi connectivity index (χ3n) is 1.96. The maximum absolute atomic E-state index is 12.5. The molecule has 0 aliphatic rings. The van der Waals surface area contributed by atoms with Gasteiger partial charge in [-0.3, -0.25) is 0 Å². The van der Waals surface area contributed by atoms with Gasteiger partial charge in [0.2, 0.25) is 12.3 Å². The molecule has 0 bridgehead atoms. The molecule has 2 aromatic rings. The Morgan fingerprint density at radius 2 is 2.07 bits per heavy atom. The Kier molecular flexibility index (Phi) is 2.58. The Morgan fingerprint density at radius 3 is 2.60 bits per heavy atom. The largest absolute Gasteiger partial charge is 0.423 e. The van der Waals surface area contributed by atoms with Gasteiger partial charge in [-0.1, -0.05) is 18.7 Å². The second-order valence-electron chi connectivity index (χ2n) is 3.13. The maximum atomic E-state index is 12.5. The lowest BCUT2D eigenvalue weighted by atomic mass is 10.1. The van der Waals surface area contributed by atoms with Gasteiger partial charge in [-0.05, 0) is 17.7 Å². The van der Waals surface area contributed by atoms with E-state index in [9.17, 15) is 4.39 Å². The quantitative estimate of drug-likeness (QED) is 0.771. The summed E-state index contributed by atoms with van der Waals surface area (Å²) in [6, 6.07) is 7.24. The minimum Gasteiger partial charge on any atom is -0.423 e. The molecular formula is C11H9FN2O. The van der Waals surface area contributed by atoms with Crippen molar-refractivity contribution in [3.63, 3.8) is 0 Å². The van der Waals surface area contributed by atoms with E-state index < -0.39 is 0 Å². The molecule has 0 saturated heterocycles. The van der Waals surface area contributed by atoms with E-state index in [-0.39, 0.29) is 12.2 Å². The summed E-state index contributed by atoms with van der Waals surface area (Å²) in [5.41, 5.74) is 1.69. The van der Waals surface area contributed by atoms with Gasteiger partial charge in [-0.15, -0.1) is 10.2 Å². The highest BCUT2D eigenvalue weighted by molar-refractivity contribution is 5.52. The van der Waals surface area contributed by atoms with Crippen molar-refractivity contribution < 1.29 is 8.81 Å². The van der Waals surface area contributed by atoms with Crippen LogP contribution in [0.2, 0.25) is 0 Å². The van der Waals surface area contributed by atoms with Crippen LogP contribution in [0.1, 0.15) is 5.56 Å². The van der Waals surface area contributed by atoms with E-state index in [1.807, 2.05) is 24.3 Å². The summed E-state index contributed by atoms with van der Waals surface area (Å²) in [4.78, 5) is 0. The van der Waals surface area contributed by atoms with Gasteiger partial charge < -0.3 is 4.42 Å². The molecule has 76 valence electrons. The van der Waals surface area contributed by atoms with Gasteiger partial charge in [0.05, 0.1) is 5.83 Å². The zero-order chi connectivity index (χ0) is 10.7. The maximum Gasteiger partial charge on any atom is 0.247 e. The molecule has 0 spiro atoms. The summed E-state index contributed by atoms with van der Waals surface area (Å²) in [5.74, 6) is 0.112. The summed E-state index contributed by atoms with van der Waals surface area (Å²) < 4.78 is 17.6. The first-order valence-electron chi connectivity index (χ1n) is 4.44. The van der Waals surface area contributed by atoms with Gasteiger partial charge in [0.15, 0.2) is 0 Å². The minimum absolute atomic E-state index is 0.240. The number of rotatable bonds is 3. The molecule has 0 unspecified atom stereocenters. The molecule has 0 amide bonds. The molecule has 15 heavy (non-hydrogen) atoms. The molecule has 0 aliphatic heterocycles. The lowest BCUT2D eigenvalue weighted by Gasteiger charge is -1.99. The average molecular weight is 204 g/mol. The Bertz CT molecular complexity index is 448. The van der Waals surface area contributed by atoms with Crippen molar-refractivity contribution in [2.45, 2.75) is 6.42 Å². The molecule has 0 fully saturated rings. The standard InChI is InChI=1S/C11H9FN2O/c1-8(12)6-9-2-4-10(5-3-9)11-14-13-7-15-11/h2-5,7H,1,6H2. The summed E-state index contributed by atoms with van der Waals surface area (Å²) in [6.45, 7) is 3.22. The fourth-order valence-corrected chi connectivity index (χ4v) is 1.29. The fourth-order valence-electron chi connectivity index (χ4n) is 1.29. The Hall–Kier alpha value is -1.97. The fraction of sp³-hybridized carbons (Fsp3) is 0.0909. The van der Waals surface area contributed by atoms with Gasteiger partial charge >= 0.3 is 0 Å². The molecule has 0 N–H and O–H groups in total. The van der Waals surface area contributed by atoms with E-state index in [4.69, 9.17) is 4.42 Å². The lowest BCUT2D eigenvalue weighted by molar-refractivity contribution is 0.568. The predicted molar refractivity (Wildman–Crippen MR) is 53.7 cm³/mol. The van der Waals surface area contributed by atoms with Gasteiger partial charge in [-0.2, -0.15) is 0 Å². The highest BCUT2D eigenvalue weighted by Gasteiger charge is 2.03. The molecule has 0 radical (unpaired) electrons. The number of nitrogens with zero attached hydrogens (tertiary/aromatic N) is 2. The highest BCUT2D eigenvalue weighted by Crippen LogP contribution is 2.17. The van der Waals surface area contributed by atoms with Crippen LogP contribution in [-0.4, -0.2) is 10.2 Å². The van der Waals surface area contributed by atoms with Gasteiger partial charge in [0.25, 0.3) is 0 Å². The number of aromatic nitrogens is 2. The van der Waals surface area contributed by atoms with E-state index >= 15 is 0 Å². The van der Waals surface area contributed by atoms with Crippen LogP contribution in [0.4, 0.5) is 4.39 Å². The van der Waals surface area contributed by atoms with Gasteiger partial charge in [-0.25, -0.2) is 4.39 Å². The normalized spacial score (nSPS) is 10.2. The van der Waals surface area contributed by atoms with Crippen LogP contribution in [0.15, 0.2) is 47.5 Å². The van der Waals surface area contributed by atoms with Crippen molar-refractivity contribution >= 4 is 0 Å². The molecule has 3 nitrogen and oxygen atoms in total. The van der Waals surface area contributed by atoms with Gasteiger partial charge in [0.1, 0.15) is 0 Å². The van der Waals surface area contributed by atoms with E-state index in [1.165, 1.54) is 6.39 Å². The first-order chi connectivity index (χ1) is 7.25. The van der Waals surface area contributed by atoms with Crippen LogP contribution < -0.4 is 0 Å². The van der Waals surface area contributed by atoms with Crippen LogP contribution in [0.3, 0.4) is 0 Å². The second kappa shape index (κ2) is 4.04. The van der Waals surface area contributed by atoms with Crippen molar-refractivity contribution in [3.05, 3.63) is 48.6 Å². The number of halogens is 1. The average Bonchev–Trinajstić information content (AvgIpc) is 2.71. The zero-order valence-corrected chi connectivity index (χ0v) is 7.98. The number of hydrogen-bond donors (Lipinski definition) is 0. The third-order valence-corrected chi connectivity index (χ3v) is 1.96. The molecular weight excluding hydrogens is 195 g/mol. The van der Waals surface area contributed by atoms with Crippen LogP contribution in [0.25, 0.3) is 11.5 Å². The second-order valence-corrected chi connectivity index (χ2v) is 3.13.